The molecule has 0 aliphatic heterocycles. The molecule has 0 fully saturated rings. The molecule has 0 aliphatic rings. The first-order valence-corrected chi connectivity index (χ1v) is 6.82. The summed E-state index contributed by atoms with van der Waals surface area (Å²) < 4.78 is 5.47. The van der Waals surface area contributed by atoms with Gasteiger partial charge in [0.25, 0.3) is 0 Å². The summed E-state index contributed by atoms with van der Waals surface area (Å²) in [6.45, 7) is 6.11. The summed E-state index contributed by atoms with van der Waals surface area (Å²) in [5.41, 5.74) is 12.1. The van der Waals surface area contributed by atoms with E-state index in [1.54, 1.807) is 6.20 Å². The molecule has 0 saturated carbocycles. The molecule has 2 N–H and O–H groups in total. The van der Waals surface area contributed by atoms with Gasteiger partial charge in [-0.15, -0.1) is 0 Å². The zero-order valence-corrected chi connectivity index (χ0v) is 12.3. The monoisotopic (exact) mass is 279 g/mol. The van der Waals surface area contributed by atoms with Crippen LogP contribution < -0.4 is 5.73 Å². The molecule has 1 aromatic carbocycles. The van der Waals surface area contributed by atoms with E-state index >= 15 is 0 Å². The van der Waals surface area contributed by atoms with Gasteiger partial charge in [0, 0.05) is 17.5 Å². The first-order valence-electron chi connectivity index (χ1n) is 6.82. The Labute approximate surface area is 123 Å². The van der Waals surface area contributed by atoms with Crippen molar-refractivity contribution < 1.29 is 4.52 Å². The largest absolute Gasteiger partial charge is 0.380 e. The van der Waals surface area contributed by atoms with Crippen LogP contribution in [0.25, 0.3) is 22.5 Å². The lowest BCUT2D eigenvalue weighted by molar-refractivity contribution is 0.435. The maximum absolute atomic E-state index is 6.02. The highest BCUT2D eigenvalue weighted by Crippen LogP contribution is 2.37. The molecule has 106 valence electrons. The number of pyridine rings is 1. The standard InChI is InChI=1S/C17H17N3O/c1-10-6-7-13(9-11(10)2)15-16(21-20-17(15)18)14-5-4-8-19-12(14)3/h4-9H,1-3H3,(H2,18,20). The van der Waals surface area contributed by atoms with Gasteiger partial charge in [-0.2, -0.15) is 0 Å². The third kappa shape index (κ3) is 2.29. The van der Waals surface area contributed by atoms with Crippen LogP contribution in [0.5, 0.6) is 0 Å². The summed E-state index contributed by atoms with van der Waals surface area (Å²) in [6.07, 6.45) is 1.76. The fourth-order valence-corrected chi connectivity index (χ4v) is 2.39. The molecule has 0 radical (unpaired) electrons. The number of aromatic nitrogens is 2. The highest BCUT2D eigenvalue weighted by Gasteiger charge is 2.19. The number of anilines is 1. The molecule has 0 saturated heterocycles. The third-order valence-electron chi connectivity index (χ3n) is 3.77. The Kier molecular flexibility index (Phi) is 3.22. The number of hydrogen-bond donors (Lipinski definition) is 1. The second-order valence-electron chi connectivity index (χ2n) is 5.21. The van der Waals surface area contributed by atoms with Crippen molar-refractivity contribution in [3.05, 3.63) is 53.3 Å². The Bertz CT molecular complexity index is 806. The second-order valence-corrected chi connectivity index (χ2v) is 5.21. The average molecular weight is 279 g/mol. The molecule has 3 rings (SSSR count). The van der Waals surface area contributed by atoms with Crippen LogP contribution >= 0.6 is 0 Å². The summed E-state index contributed by atoms with van der Waals surface area (Å²) in [7, 11) is 0. The van der Waals surface area contributed by atoms with Crippen molar-refractivity contribution in [3.63, 3.8) is 0 Å². The number of nitrogens with zero attached hydrogens (tertiary/aromatic N) is 2. The van der Waals surface area contributed by atoms with Gasteiger partial charge < -0.3 is 10.3 Å². The van der Waals surface area contributed by atoms with Crippen LogP contribution in [0.3, 0.4) is 0 Å². The maximum atomic E-state index is 6.02. The lowest BCUT2D eigenvalue weighted by Gasteiger charge is -2.07. The van der Waals surface area contributed by atoms with E-state index in [2.05, 4.69) is 36.1 Å². The molecule has 2 aromatic heterocycles. The molecule has 0 unspecified atom stereocenters. The van der Waals surface area contributed by atoms with Crippen molar-refractivity contribution in [2.75, 3.05) is 5.73 Å². The zero-order chi connectivity index (χ0) is 15.0. The molecule has 3 aromatic rings. The summed E-state index contributed by atoms with van der Waals surface area (Å²) in [5.74, 6) is 1.07. The van der Waals surface area contributed by atoms with Gasteiger partial charge in [0.1, 0.15) is 0 Å². The number of nitrogens with two attached hydrogens (primary N) is 1. The normalized spacial score (nSPS) is 10.8. The van der Waals surface area contributed by atoms with Crippen LogP contribution in [-0.2, 0) is 0 Å². The van der Waals surface area contributed by atoms with Crippen LogP contribution in [0.1, 0.15) is 16.8 Å². The molecule has 4 heteroatoms. The van der Waals surface area contributed by atoms with E-state index in [0.717, 1.165) is 22.4 Å². The van der Waals surface area contributed by atoms with Gasteiger partial charge in [-0.3, -0.25) is 4.98 Å². The fourth-order valence-electron chi connectivity index (χ4n) is 2.39. The predicted molar refractivity (Wildman–Crippen MR) is 83.8 cm³/mol. The minimum Gasteiger partial charge on any atom is -0.380 e. The Morgan fingerprint density at radius 3 is 2.57 bits per heavy atom. The third-order valence-corrected chi connectivity index (χ3v) is 3.77. The van der Waals surface area contributed by atoms with Crippen LogP contribution in [0.4, 0.5) is 5.82 Å². The van der Waals surface area contributed by atoms with Crippen molar-refractivity contribution in [1.29, 1.82) is 0 Å². The van der Waals surface area contributed by atoms with Gasteiger partial charge in [-0.1, -0.05) is 23.4 Å². The first kappa shape index (κ1) is 13.4. The van der Waals surface area contributed by atoms with Gasteiger partial charge in [0.2, 0.25) is 0 Å². The molecule has 0 bridgehead atoms. The minimum atomic E-state index is 0.400. The van der Waals surface area contributed by atoms with E-state index in [-0.39, 0.29) is 0 Å². The highest BCUT2D eigenvalue weighted by molar-refractivity contribution is 5.87. The minimum absolute atomic E-state index is 0.400. The van der Waals surface area contributed by atoms with Crippen LogP contribution in [-0.4, -0.2) is 10.1 Å². The molecular formula is C17H17N3O. The molecule has 0 atom stereocenters. The van der Waals surface area contributed by atoms with Gasteiger partial charge >= 0.3 is 0 Å². The Hall–Kier alpha value is -2.62. The van der Waals surface area contributed by atoms with Gasteiger partial charge in [0.15, 0.2) is 11.6 Å². The van der Waals surface area contributed by atoms with Gasteiger partial charge in [0.05, 0.1) is 5.56 Å². The summed E-state index contributed by atoms with van der Waals surface area (Å²) >= 11 is 0. The predicted octanol–water partition coefficient (Wildman–Crippen LogP) is 3.91. The Morgan fingerprint density at radius 2 is 1.86 bits per heavy atom. The van der Waals surface area contributed by atoms with Crippen LogP contribution in [0, 0.1) is 20.8 Å². The molecule has 4 nitrogen and oxygen atoms in total. The number of nitrogen functional groups attached to an aromatic ring is 1. The van der Waals surface area contributed by atoms with Crippen LogP contribution in [0.2, 0.25) is 0 Å². The molecule has 0 aliphatic carbocycles. The van der Waals surface area contributed by atoms with Crippen molar-refractivity contribution >= 4 is 5.82 Å². The Balaban J connectivity index is 2.22. The van der Waals surface area contributed by atoms with E-state index in [1.807, 2.05) is 25.1 Å². The number of benzene rings is 1. The lowest BCUT2D eigenvalue weighted by atomic mass is 9.97. The van der Waals surface area contributed by atoms with E-state index in [0.29, 0.717) is 11.6 Å². The zero-order valence-electron chi connectivity index (χ0n) is 12.3. The van der Waals surface area contributed by atoms with Gasteiger partial charge in [-0.25, -0.2) is 0 Å². The molecule has 2 heterocycles. The fraction of sp³-hybridized carbons (Fsp3) is 0.176. The van der Waals surface area contributed by atoms with Gasteiger partial charge in [-0.05, 0) is 49.6 Å². The molecule has 21 heavy (non-hydrogen) atoms. The number of hydrogen-bond acceptors (Lipinski definition) is 4. The molecule has 0 spiro atoms. The summed E-state index contributed by atoms with van der Waals surface area (Å²) in [6, 6.07) is 10.1. The smallest absolute Gasteiger partial charge is 0.178 e. The van der Waals surface area contributed by atoms with Crippen molar-refractivity contribution in [3.8, 4) is 22.5 Å². The summed E-state index contributed by atoms with van der Waals surface area (Å²) in [5, 5.41) is 3.94. The van der Waals surface area contributed by atoms with E-state index in [4.69, 9.17) is 10.3 Å². The van der Waals surface area contributed by atoms with Crippen molar-refractivity contribution in [2.24, 2.45) is 0 Å². The summed E-state index contributed by atoms with van der Waals surface area (Å²) in [4.78, 5) is 4.30. The van der Waals surface area contributed by atoms with Crippen LogP contribution in [0.15, 0.2) is 41.1 Å². The SMILES string of the molecule is Cc1ccc(-c2c(N)noc2-c2cccnc2C)cc1C. The Morgan fingerprint density at radius 1 is 1.05 bits per heavy atom. The van der Waals surface area contributed by atoms with E-state index < -0.39 is 0 Å². The van der Waals surface area contributed by atoms with E-state index in [1.165, 1.54) is 11.1 Å². The average Bonchev–Trinajstić information content (AvgIpc) is 2.84. The molecule has 0 amide bonds. The first-order chi connectivity index (χ1) is 10.1. The lowest BCUT2D eigenvalue weighted by Crippen LogP contribution is -1.92. The quantitative estimate of drug-likeness (QED) is 0.772. The van der Waals surface area contributed by atoms with Crippen molar-refractivity contribution in [2.45, 2.75) is 20.8 Å². The number of aryl methyl sites for hydroxylation is 3. The van der Waals surface area contributed by atoms with E-state index in [9.17, 15) is 0 Å². The number of rotatable bonds is 2. The molecular weight excluding hydrogens is 262 g/mol. The second kappa shape index (κ2) is 5.05. The highest BCUT2D eigenvalue weighted by atomic mass is 16.5. The maximum Gasteiger partial charge on any atom is 0.178 e. The topological polar surface area (TPSA) is 64.9 Å². The van der Waals surface area contributed by atoms with Crippen molar-refractivity contribution in [1.82, 2.24) is 10.1 Å².